The summed E-state index contributed by atoms with van der Waals surface area (Å²) in [5, 5.41) is 2.04. The molecule has 2 unspecified atom stereocenters. The summed E-state index contributed by atoms with van der Waals surface area (Å²) in [5.41, 5.74) is 21.6. The lowest BCUT2D eigenvalue weighted by molar-refractivity contribution is 0.377. The Kier molecular flexibility index (Phi) is 9.86. The van der Waals surface area contributed by atoms with Crippen molar-refractivity contribution >= 4 is 53.6 Å². The lowest BCUT2D eigenvalue weighted by Gasteiger charge is -2.47. The number of fused-ring (bicyclic) bond motifs is 5. The van der Waals surface area contributed by atoms with E-state index in [0.29, 0.717) is 11.8 Å². The first-order valence-corrected chi connectivity index (χ1v) is 22.8. The lowest BCUT2D eigenvalue weighted by atomic mass is 9.73. The maximum absolute atomic E-state index is 4.44. The standard InChI is InChI=1S/C60H53N3/c1-42-20-19-33-55(63-53-27-13-11-22-44(53)35-36-45-23-12-14-28-54(45)63)48(42)26-10-5-4-7-21-43-34-38-49-50-39-37-47(41-52(50)60(2,3)51(49)40-43)62-58-31-17-15-29-56(58)61(46-24-8-6-9-25-46)57-30-16-18-32-59(57)62/h4,6-14,17,19-28,31,33-41,50,52H,1,15-16,18,29-30,32H2,2-3H3/b21-7+,48-26+. The summed E-state index contributed by atoms with van der Waals surface area (Å²) in [6, 6.07) is 41.7. The van der Waals surface area contributed by atoms with Gasteiger partial charge in [-0.1, -0.05) is 148 Å². The molecular weight excluding hydrogens is 763 g/mol. The Labute approximate surface area is 372 Å². The van der Waals surface area contributed by atoms with Crippen LogP contribution in [-0.2, 0) is 5.41 Å². The summed E-state index contributed by atoms with van der Waals surface area (Å²) >= 11 is 0. The highest BCUT2D eigenvalue weighted by Crippen LogP contribution is 2.55. The second-order valence-corrected chi connectivity index (χ2v) is 18.1. The molecule has 63 heavy (non-hydrogen) atoms. The molecule has 3 heteroatoms. The normalized spacial score (nSPS) is 20.6. The van der Waals surface area contributed by atoms with E-state index in [1.54, 1.807) is 0 Å². The van der Waals surface area contributed by atoms with Gasteiger partial charge in [0.2, 0.25) is 0 Å². The molecule has 0 fully saturated rings. The molecule has 5 aromatic carbocycles. The van der Waals surface area contributed by atoms with Crippen molar-refractivity contribution in [3.63, 3.8) is 0 Å². The minimum absolute atomic E-state index is 0.0242. The first kappa shape index (κ1) is 38.8. The second-order valence-electron chi connectivity index (χ2n) is 18.1. The molecule has 6 aliphatic rings. The quantitative estimate of drug-likeness (QED) is 0.122. The topological polar surface area (TPSA) is 9.72 Å². The van der Waals surface area contributed by atoms with Gasteiger partial charge >= 0.3 is 0 Å². The van der Waals surface area contributed by atoms with Crippen LogP contribution >= 0.6 is 0 Å². The molecule has 0 N–H and O–H groups in total. The Morgan fingerprint density at radius 1 is 0.667 bits per heavy atom. The van der Waals surface area contributed by atoms with Crippen molar-refractivity contribution < 1.29 is 0 Å². The van der Waals surface area contributed by atoms with E-state index < -0.39 is 0 Å². The smallest absolute Gasteiger partial charge is 0.0654 e. The van der Waals surface area contributed by atoms with E-state index >= 15 is 0 Å². The molecular formula is C60H53N3. The van der Waals surface area contributed by atoms with Crippen LogP contribution in [0, 0.1) is 5.92 Å². The van der Waals surface area contributed by atoms with E-state index in [1.165, 1.54) is 74.8 Å². The van der Waals surface area contributed by atoms with Gasteiger partial charge in [0.05, 0.1) is 22.8 Å². The van der Waals surface area contributed by atoms with E-state index in [4.69, 9.17) is 0 Å². The molecule has 0 aromatic heterocycles. The Morgan fingerprint density at radius 2 is 1.38 bits per heavy atom. The van der Waals surface area contributed by atoms with Gasteiger partial charge in [-0.3, -0.25) is 0 Å². The van der Waals surface area contributed by atoms with E-state index in [1.807, 2.05) is 12.2 Å². The Hall–Kier alpha value is -7.06. The van der Waals surface area contributed by atoms with Crippen molar-refractivity contribution in [1.29, 1.82) is 0 Å². The van der Waals surface area contributed by atoms with E-state index in [9.17, 15) is 0 Å². The Morgan fingerprint density at radius 3 is 2.16 bits per heavy atom. The van der Waals surface area contributed by atoms with Gasteiger partial charge in [0, 0.05) is 39.6 Å². The summed E-state index contributed by atoms with van der Waals surface area (Å²) < 4.78 is 0. The highest BCUT2D eigenvalue weighted by molar-refractivity contribution is 5.93. The maximum Gasteiger partial charge on any atom is 0.0654 e. The van der Waals surface area contributed by atoms with Crippen molar-refractivity contribution in [1.82, 2.24) is 4.90 Å². The Balaban J connectivity index is 0.870. The fourth-order valence-electron chi connectivity index (χ4n) is 11.0. The predicted octanol–water partition coefficient (Wildman–Crippen LogP) is 13.9. The van der Waals surface area contributed by atoms with Gasteiger partial charge in [0.25, 0.3) is 0 Å². The average Bonchev–Trinajstić information content (AvgIpc) is 3.42. The molecule has 11 rings (SSSR count). The zero-order chi connectivity index (χ0) is 42.5. The number of hydrogen-bond donors (Lipinski definition) is 0. The highest BCUT2D eigenvalue weighted by Gasteiger charge is 2.46. The number of allylic oxidation sites excluding steroid dienone is 10. The van der Waals surface area contributed by atoms with Crippen LogP contribution in [0.3, 0.4) is 0 Å². The number of rotatable bonds is 6. The summed E-state index contributed by atoms with van der Waals surface area (Å²) in [5.74, 6) is 0.735. The molecule has 4 aliphatic carbocycles. The monoisotopic (exact) mass is 815 g/mol. The number of nitrogens with zero attached hydrogens (tertiary/aromatic N) is 3. The fraction of sp³-hybridized carbons (Fsp3) is 0.183. The molecule has 0 spiro atoms. The largest absolute Gasteiger partial charge is 0.314 e. The van der Waals surface area contributed by atoms with Crippen molar-refractivity contribution in [2.45, 2.75) is 63.7 Å². The van der Waals surface area contributed by atoms with Gasteiger partial charge < -0.3 is 14.7 Å². The van der Waals surface area contributed by atoms with Crippen LogP contribution in [0.25, 0.3) is 30.9 Å². The van der Waals surface area contributed by atoms with Gasteiger partial charge in [-0.2, -0.15) is 0 Å². The first-order valence-electron chi connectivity index (χ1n) is 22.8. The second kappa shape index (κ2) is 16.0. The molecule has 2 aliphatic heterocycles. The van der Waals surface area contributed by atoms with Crippen molar-refractivity contribution in [2.75, 3.05) is 9.80 Å². The SMILES string of the molecule is C=c1cccc(N2c3ccccc3C=Cc3ccccc32)/c1=C/C=C=C/C=C/c1ccc2c(c1)C(C)(C)C1C=C(N3C4=C(CCC=C4)N(c4ccccc4)C4=C3CCCC4)C=CC21. The van der Waals surface area contributed by atoms with Gasteiger partial charge in [-0.25, -0.2) is 0 Å². The van der Waals surface area contributed by atoms with Crippen LogP contribution in [0.2, 0.25) is 0 Å². The third kappa shape index (κ3) is 6.76. The number of benzene rings is 5. The van der Waals surface area contributed by atoms with Gasteiger partial charge in [0.1, 0.15) is 0 Å². The molecule has 0 saturated carbocycles. The molecule has 2 heterocycles. The van der Waals surface area contributed by atoms with Crippen LogP contribution < -0.4 is 20.2 Å². The third-order valence-corrected chi connectivity index (χ3v) is 14.1. The molecule has 0 amide bonds. The number of para-hydroxylation sites is 3. The lowest BCUT2D eigenvalue weighted by Crippen LogP contribution is -2.39. The molecule has 0 bridgehead atoms. The van der Waals surface area contributed by atoms with E-state index in [2.05, 4.69) is 217 Å². The first-order chi connectivity index (χ1) is 31.0. The summed E-state index contributed by atoms with van der Waals surface area (Å²) in [4.78, 5) is 7.62. The highest BCUT2D eigenvalue weighted by atomic mass is 15.3. The van der Waals surface area contributed by atoms with Crippen LogP contribution in [0.1, 0.15) is 86.1 Å². The number of hydrogen-bond acceptors (Lipinski definition) is 3. The fourth-order valence-corrected chi connectivity index (χ4v) is 11.0. The van der Waals surface area contributed by atoms with Crippen molar-refractivity contribution in [3.8, 4) is 0 Å². The Bertz CT molecular complexity index is 3020. The van der Waals surface area contributed by atoms with E-state index in [-0.39, 0.29) is 5.41 Å². The number of anilines is 4. The van der Waals surface area contributed by atoms with Gasteiger partial charge in [-0.15, -0.1) is 5.73 Å². The maximum atomic E-state index is 4.44. The zero-order valence-corrected chi connectivity index (χ0v) is 36.3. The molecule has 0 saturated heterocycles. The minimum Gasteiger partial charge on any atom is -0.314 e. The van der Waals surface area contributed by atoms with Crippen LogP contribution in [0.15, 0.2) is 198 Å². The van der Waals surface area contributed by atoms with Gasteiger partial charge in [0.15, 0.2) is 0 Å². The molecule has 308 valence electrons. The van der Waals surface area contributed by atoms with Crippen LogP contribution in [0.5, 0.6) is 0 Å². The summed E-state index contributed by atoms with van der Waals surface area (Å²) in [6.45, 7) is 9.35. The zero-order valence-electron chi connectivity index (χ0n) is 36.3. The van der Waals surface area contributed by atoms with Crippen LogP contribution in [-0.4, -0.2) is 4.90 Å². The molecule has 0 radical (unpaired) electrons. The predicted molar refractivity (Wildman–Crippen MR) is 266 cm³/mol. The average molecular weight is 816 g/mol. The van der Waals surface area contributed by atoms with Crippen molar-refractivity contribution in [3.05, 3.63) is 236 Å². The summed E-state index contributed by atoms with van der Waals surface area (Å²) in [7, 11) is 0. The van der Waals surface area contributed by atoms with Crippen LogP contribution in [0.4, 0.5) is 22.7 Å². The van der Waals surface area contributed by atoms with Crippen molar-refractivity contribution in [2.24, 2.45) is 5.92 Å². The minimum atomic E-state index is -0.0242. The summed E-state index contributed by atoms with van der Waals surface area (Å²) in [6.07, 6.45) is 34.0. The molecule has 3 nitrogen and oxygen atoms in total. The van der Waals surface area contributed by atoms with E-state index in [0.717, 1.165) is 53.2 Å². The van der Waals surface area contributed by atoms with Gasteiger partial charge in [-0.05, 0) is 144 Å². The molecule has 5 aromatic rings. The third-order valence-electron chi connectivity index (χ3n) is 14.1. The molecule has 2 atom stereocenters.